The van der Waals surface area contributed by atoms with Crippen LogP contribution in [0.4, 0.5) is 0 Å². The van der Waals surface area contributed by atoms with Crippen molar-refractivity contribution in [1.82, 2.24) is 29.7 Å². The van der Waals surface area contributed by atoms with E-state index < -0.39 is 0 Å². The van der Waals surface area contributed by atoms with Crippen LogP contribution in [0.2, 0.25) is 0 Å². The third-order valence-corrected chi connectivity index (χ3v) is 4.40. The van der Waals surface area contributed by atoms with Crippen molar-refractivity contribution in [2.45, 2.75) is 19.9 Å². The van der Waals surface area contributed by atoms with E-state index in [9.17, 15) is 4.79 Å². The smallest absolute Gasteiger partial charge is 0.256 e. The molecule has 0 radical (unpaired) electrons. The van der Waals surface area contributed by atoms with Gasteiger partial charge in [0, 0.05) is 37.2 Å². The second-order valence-electron chi connectivity index (χ2n) is 6.37. The zero-order chi connectivity index (χ0) is 18.6. The van der Waals surface area contributed by atoms with E-state index in [2.05, 4.69) is 39.6 Å². The average Bonchev–Trinajstić information content (AvgIpc) is 3.35. The van der Waals surface area contributed by atoms with Gasteiger partial charge in [0.15, 0.2) is 5.65 Å². The first-order valence-corrected chi connectivity index (χ1v) is 8.88. The van der Waals surface area contributed by atoms with Crippen molar-refractivity contribution in [3.63, 3.8) is 0 Å². The summed E-state index contributed by atoms with van der Waals surface area (Å²) >= 11 is 0. The average molecular weight is 360 g/mol. The minimum atomic E-state index is -0.168. The number of aromatic nitrogens is 5. The molecule has 4 rings (SSSR count). The number of aryl methyl sites for hydroxylation is 2. The van der Waals surface area contributed by atoms with Crippen LogP contribution in [0.5, 0.6) is 0 Å². The van der Waals surface area contributed by atoms with Crippen molar-refractivity contribution in [3.8, 4) is 11.3 Å². The monoisotopic (exact) mass is 360 g/mol. The number of carbonyl (C=O) groups excluding carboxylic acids is 1. The van der Waals surface area contributed by atoms with Crippen LogP contribution in [-0.4, -0.2) is 36.8 Å². The molecule has 1 amide bonds. The number of rotatable bonds is 6. The zero-order valence-corrected chi connectivity index (χ0v) is 15.0. The summed E-state index contributed by atoms with van der Waals surface area (Å²) in [5, 5.41) is 11.5. The van der Waals surface area contributed by atoms with E-state index in [0.717, 1.165) is 24.2 Å². The lowest BCUT2D eigenvalue weighted by Gasteiger charge is -2.06. The van der Waals surface area contributed by atoms with Gasteiger partial charge in [0.1, 0.15) is 5.56 Å². The molecular formula is C20H20N6O. The molecule has 0 fully saturated rings. The van der Waals surface area contributed by atoms with Crippen molar-refractivity contribution in [2.75, 3.05) is 6.54 Å². The Kier molecular flexibility index (Phi) is 4.65. The van der Waals surface area contributed by atoms with E-state index in [0.29, 0.717) is 17.8 Å². The van der Waals surface area contributed by atoms with Gasteiger partial charge in [-0.15, -0.1) is 0 Å². The van der Waals surface area contributed by atoms with E-state index in [-0.39, 0.29) is 5.91 Å². The van der Waals surface area contributed by atoms with Crippen LogP contribution in [0.1, 0.15) is 22.3 Å². The minimum Gasteiger partial charge on any atom is -0.352 e. The quantitative estimate of drug-likeness (QED) is 0.536. The Labute approximate surface area is 156 Å². The Balaban J connectivity index is 1.50. The van der Waals surface area contributed by atoms with Crippen LogP contribution in [-0.2, 0) is 6.54 Å². The van der Waals surface area contributed by atoms with E-state index in [1.807, 2.05) is 35.1 Å². The first-order valence-electron chi connectivity index (χ1n) is 8.88. The highest BCUT2D eigenvalue weighted by molar-refractivity contribution is 5.99. The summed E-state index contributed by atoms with van der Waals surface area (Å²) in [4.78, 5) is 16.9. The largest absolute Gasteiger partial charge is 0.352 e. The highest BCUT2D eigenvalue weighted by atomic mass is 16.1. The number of hydrogen-bond donors (Lipinski definition) is 1. The van der Waals surface area contributed by atoms with Crippen molar-refractivity contribution in [2.24, 2.45) is 0 Å². The molecule has 0 aliphatic carbocycles. The molecule has 0 atom stereocenters. The molecule has 0 saturated heterocycles. The Morgan fingerprint density at radius 2 is 1.96 bits per heavy atom. The lowest BCUT2D eigenvalue weighted by molar-refractivity contribution is 0.0954. The van der Waals surface area contributed by atoms with Crippen LogP contribution >= 0.6 is 0 Å². The van der Waals surface area contributed by atoms with Gasteiger partial charge in [-0.05, 0) is 25.5 Å². The van der Waals surface area contributed by atoms with Crippen LogP contribution in [0.3, 0.4) is 0 Å². The fourth-order valence-electron chi connectivity index (χ4n) is 2.97. The molecule has 7 heteroatoms. The molecule has 4 aromatic rings. The number of amides is 1. The van der Waals surface area contributed by atoms with Gasteiger partial charge in [-0.2, -0.15) is 10.2 Å². The highest BCUT2D eigenvalue weighted by Gasteiger charge is 2.15. The maximum Gasteiger partial charge on any atom is 0.256 e. The highest BCUT2D eigenvalue weighted by Crippen LogP contribution is 2.21. The Morgan fingerprint density at radius 1 is 1.11 bits per heavy atom. The third kappa shape index (κ3) is 3.57. The number of carbonyl (C=O) groups is 1. The van der Waals surface area contributed by atoms with Crippen molar-refractivity contribution in [1.29, 1.82) is 0 Å². The topological polar surface area (TPSA) is 77.1 Å². The molecular weight excluding hydrogens is 340 g/mol. The second kappa shape index (κ2) is 7.41. The van der Waals surface area contributed by atoms with E-state index in [4.69, 9.17) is 0 Å². The lowest BCUT2D eigenvalue weighted by Crippen LogP contribution is -2.25. The lowest BCUT2D eigenvalue weighted by atomic mass is 10.1. The maximum absolute atomic E-state index is 12.5. The molecule has 0 bridgehead atoms. The van der Waals surface area contributed by atoms with Crippen LogP contribution in [0.25, 0.3) is 16.9 Å². The van der Waals surface area contributed by atoms with Gasteiger partial charge in [-0.25, -0.2) is 9.50 Å². The summed E-state index contributed by atoms with van der Waals surface area (Å²) in [6.45, 7) is 3.38. The fraction of sp³-hybridized carbons (Fsp3) is 0.200. The summed E-state index contributed by atoms with van der Waals surface area (Å²) in [5.41, 5.74) is 4.15. The molecule has 0 aliphatic rings. The third-order valence-electron chi connectivity index (χ3n) is 4.40. The molecule has 27 heavy (non-hydrogen) atoms. The molecule has 1 aromatic carbocycles. The number of nitrogens with one attached hydrogen (secondary N) is 1. The Hall–Kier alpha value is -3.48. The predicted octanol–water partition coefficient (Wildman–Crippen LogP) is 2.72. The summed E-state index contributed by atoms with van der Waals surface area (Å²) in [6, 6.07) is 12.0. The van der Waals surface area contributed by atoms with Crippen LogP contribution < -0.4 is 5.32 Å². The number of benzene rings is 1. The minimum absolute atomic E-state index is 0.168. The first-order chi connectivity index (χ1) is 13.2. The molecule has 0 spiro atoms. The van der Waals surface area contributed by atoms with Crippen molar-refractivity contribution in [3.05, 3.63) is 72.3 Å². The normalized spacial score (nSPS) is 11.0. The first kappa shape index (κ1) is 17.0. The number of fused-ring (bicyclic) bond motifs is 1. The molecule has 3 aromatic heterocycles. The number of nitrogens with zero attached hydrogens (tertiary/aromatic N) is 5. The van der Waals surface area contributed by atoms with E-state index in [1.165, 1.54) is 5.56 Å². The summed E-state index contributed by atoms with van der Waals surface area (Å²) < 4.78 is 3.56. The van der Waals surface area contributed by atoms with Gasteiger partial charge in [0.05, 0.1) is 11.9 Å². The van der Waals surface area contributed by atoms with Crippen LogP contribution in [0.15, 0.2) is 61.2 Å². The molecule has 3 heterocycles. The van der Waals surface area contributed by atoms with Gasteiger partial charge in [0.25, 0.3) is 5.91 Å². The molecule has 0 unspecified atom stereocenters. The standard InChI is InChI=1S/C20H20N6O/c1-15-4-6-16(7-5-15)18-8-11-21-19-17(14-24-26(18)19)20(27)22-9-2-12-25-13-3-10-23-25/h3-8,10-11,13-14H,2,9,12H2,1H3,(H,22,27). The van der Waals surface area contributed by atoms with Crippen LogP contribution in [0, 0.1) is 6.92 Å². The Morgan fingerprint density at radius 3 is 2.74 bits per heavy atom. The van der Waals surface area contributed by atoms with Gasteiger partial charge in [-0.3, -0.25) is 9.48 Å². The summed E-state index contributed by atoms with van der Waals surface area (Å²) in [6.07, 6.45) is 7.73. The summed E-state index contributed by atoms with van der Waals surface area (Å²) in [7, 11) is 0. The summed E-state index contributed by atoms with van der Waals surface area (Å²) in [5.74, 6) is -0.168. The molecule has 0 saturated carbocycles. The molecule has 0 aliphatic heterocycles. The van der Waals surface area contributed by atoms with Gasteiger partial charge < -0.3 is 5.32 Å². The van der Waals surface area contributed by atoms with Gasteiger partial charge in [-0.1, -0.05) is 29.8 Å². The predicted molar refractivity (Wildman–Crippen MR) is 102 cm³/mol. The van der Waals surface area contributed by atoms with Gasteiger partial charge in [0.2, 0.25) is 0 Å². The van der Waals surface area contributed by atoms with E-state index in [1.54, 1.807) is 23.1 Å². The maximum atomic E-state index is 12.5. The van der Waals surface area contributed by atoms with Crippen molar-refractivity contribution >= 4 is 11.6 Å². The van der Waals surface area contributed by atoms with E-state index >= 15 is 0 Å². The molecule has 7 nitrogen and oxygen atoms in total. The fourth-order valence-corrected chi connectivity index (χ4v) is 2.97. The second-order valence-corrected chi connectivity index (χ2v) is 6.37. The molecule has 136 valence electrons. The van der Waals surface area contributed by atoms with Gasteiger partial charge >= 0.3 is 0 Å². The molecule has 1 N–H and O–H groups in total. The number of hydrogen-bond acceptors (Lipinski definition) is 4. The SMILES string of the molecule is Cc1ccc(-c2ccnc3c(C(=O)NCCCn4cccn4)cnn23)cc1. The van der Waals surface area contributed by atoms with Crippen molar-refractivity contribution < 1.29 is 4.79 Å². The zero-order valence-electron chi connectivity index (χ0n) is 15.0. The Bertz CT molecular complexity index is 1050.